The van der Waals surface area contributed by atoms with Gasteiger partial charge in [0, 0.05) is 35.0 Å². The molecule has 2 unspecified atom stereocenters. The molecule has 4 aliphatic rings. The maximum atomic E-state index is 6.87. The minimum Gasteiger partial charge on any atom is -0.457 e. The van der Waals surface area contributed by atoms with Gasteiger partial charge in [-0.2, -0.15) is 0 Å². The van der Waals surface area contributed by atoms with E-state index in [-0.39, 0.29) is 6.04 Å². The van der Waals surface area contributed by atoms with Gasteiger partial charge in [0.25, 0.3) is 0 Å². The summed E-state index contributed by atoms with van der Waals surface area (Å²) in [7, 11) is 0. The fraction of sp³-hybridized carbons (Fsp3) is 0.229. The average Bonchev–Trinajstić information content (AvgIpc) is 3.01. The molecule has 4 aliphatic heterocycles. The van der Waals surface area contributed by atoms with Gasteiger partial charge >= 0.3 is 0 Å². The van der Waals surface area contributed by atoms with E-state index in [0.29, 0.717) is 5.92 Å². The molecule has 2 atom stereocenters. The van der Waals surface area contributed by atoms with Crippen molar-refractivity contribution in [1.29, 1.82) is 0 Å². The van der Waals surface area contributed by atoms with Crippen molar-refractivity contribution in [2.75, 3.05) is 13.1 Å². The molecular formula is C35H30N2O2. The van der Waals surface area contributed by atoms with Crippen LogP contribution in [0.5, 0.6) is 23.0 Å². The van der Waals surface area contributed by atoms with Gasteiger partial charge in [-0.15, -0.1) is 0 Å². The van der Waals surface area contributed by atoms with Gasteiger partial charge in [0.1, 0.15) is 23.0 Å². The first-order valence-electron chi connectivity index (χ1n) is 14.0. The molecule has 39 heavy (non-hydrogen) atoms. The number of nitrogens with one attached hydrogen (secondary N) is 1. The number of fused-ring (bicyclic) bond motifs is 8. The molecule has 1 saturated heterocycles. The van der Waals surface area contributed by atoms with Crippen LogP contribution in [-0.4, -0.2) is 19.3 Å². The summed E-state index contributed by atoms with van der Waals surface area (Å²) in [4.78, 5) is 4.75. The zero-order valence-electron chi connectivity index (χ0n) is 21.8. The SMILES string of the molecule is C1=CCC(c2ccc3c(c2)Oc2cc(C4CCCNC4)ccc2C32c3ccccc3Oc3ccccc32)N=C1. The third kappa shape index (κ3) is 3.44. The third-order valence-corrected chi connectivity index (χ3v) is 8.84. The van der Waals surface area contributed by atoms with Crippen LogP contribution in [0.3, 0.4) is 0 Å². The largest absolute Gasteiger partial charge is 0.457 e. The first kappa shape index (κ1) is 22.8. The molecule has 1 fully saturated rings. The molecule has 4 heteroatoms. The molecule has 4 heterocycles. The zero-order valence-corrected chi connectivity index (χ0v) is 21.8. The minimum atomic E-state index is -0.550. The van der Waals surface area contributed by atoms with Crippen molar-refractivity contribution in [3.8, 4) is 23.0 Å². The lowest BCUT2D eigenvalue weighted by Gasteiger charge is -2.45. The minimum absolute atomic E-state index is 0.107. The van der Waals surface area contributed by atoms with Crippen molar-refractivity contribution in [3.05, 3.63) is 130 Å². The summed E-state index contributed by atoms with van der Waals surface area (Å²) in [6.45, 7) is 2.11. The van der Waals surface area contributed by atoms with E-state index in [1.807, 2.05) is 12.3 Å². The third-order valence-electron chi connectivity index (χ3n) is 8.84. The highest BCUT2D eigenvalue weighted by Gasteiger charge is 2.50. The molecule has 0 amide bonds. The highest BCUT2D eigenvalue weighted by molar-refractivity contribution is 5.76. The Bertz CT molecular complexity index is 1600. The van der Waals surface area contributed by atoms with Gasteiger partial charge in [-0.05, 0) is 73.2 Å². The quantitative estimate of drug-likeness (QED) is 0.258. The van der Waals surface area contributed by atoms with Crippen molar-refractivity contribution in [3.63, 3.8) is 0 Å². The summed E-state index contributed by atoms with van der Waals surface area (Å²) in [6.07, 6.45) is 9.41. The van der Waals surface area contributed by atoms with E-state index in [2.05, 4.69) is 96.3 Å². The number of piperidine rings is 1. The number of benzene rings is 4. The number of hydrogen-bond donors (Lipinski definition) is 1. The number of aliphatic imine (C=N–C) groups is 1. The molecule has 0 aliphatic carbocycles. The maximum absolute atomic E-state index is 6.87. The monoisotopic (exact) mass is 510 g/mol. The molecule has 0 bridgehead atoms. The van der Waals surface area contributed by atoms with Crippen LogP contribution in [-0.2, 0) is 5.41 Å². The standard InChI is InChI=1S/C35H30N2O2/c1-3-12-31-26(9-1)35(27-10-2-4-13-32(27)38-31)28-16-14-23(25-8-7-18-36-22-25)20-33(28)39-34-21-24(15-17-29(34)35)30-11-5-6-19-37-30/h1-6,9-10,12-17,19-21,25,30,36H,7-8,11,18,22H2. The van der Waals surface area contributed by atoms with Gasteiger partial charge in [0.15, 0.2) is 0 Å². The fourth-order valence-corrected chi connectivity index (χ4v) is 7.01. The molecule has 8 rings (SSSR count). The van der Waals surface area contributed by atoms with Crippen molar-refractivity contribution >= 4 is 6.21 Å². The Morgan fingerprint density at radius 3 is 2.03 bits per heavy atom. The molecule has 0 radical (unpaired) electrons. The van der Waals surface area contributed by atoms with Crippen LogP contribution in [0, 0.1) is 0 Å². The van der Waals surface area contributed by atoms with Crippen LogP contribution in [0.4, 0.5) is 0 Å². The molecule has 1 N–H and O–H groups in total. The number of allylic oxidation sites excluding steroid dienone is 1. The number of nitrogens with zero attached hydrogens (tertiary/aromatic N) is 1. The van der Waals surface area contributed by atoms with Crippen LogP contribution in [0.15, 0.2) is 102 Å². The van der Waals surface area contributed by atoms with Gasteiger partial charge in [0.2, 0.25) is 0 Å². The van der Waals surface area contributed by atoms with E-state index in [4.69, 9.17) is 14.5 Å². The van der Waals surface area contributed by atoms with Gasteiger partial charge in [-0.1, -0.05) is 66.7 Å². The van der Waals surface area contributed by atoms with Gasteiger partial charge in [-0.25, -0.2) is 0 Å². The van der Waals surface area contributed by atoms with E-state index in [1.54, 1.807) is 0 Å². The van der Waals surface area contributed by atoms with Crippen LogP contribution in [0.25, 0.3) is 0 Å². The summed E-state index contributed by atoms with van der Waals surface area (Å²) in [6, 6.07) is 30.7. The maximum Gasteiger partial charge on any atom is 0.132 e. The summed E-state index contributed by atoms with van der Waals surface area (Å²) < 4.78 is 13.4. The first-order valence-corrected chi connectivity index (χ1v) is 14.0. The number of para-hydroxylation sites is 2. The van der Waals surface area contributed by atoms with Crippen molar-refractivity contribution in [2.45, 2.75) is 36.6 Å². The van der Waals surface area contributed by atoms with Crippen molar-refractivity contribution in [1.82, 2.24) is 5.32 Å². The molecule has 4 nitrogen and oxygen atoms in total. The molecule has 1 spiro atoms. The second-order valence-corrected chi connectivity index (χ2v) is 11.0. The van der Waals surface area contributed by atoms with Crippen LogP contribution < -0.4 is 14.8 Å². The topological polar surface area (TPSA) is 42.8 Å². The Morgan fingerprint density at radius 2 is 1.36 bits per heavy atom. The summed E-state index contributed by atoms with van der Waals surface area (Å²) in [5.74, 6) is 4.11. The summed E-state index contributed by atoms with van der Waals surface area (Å²) in [5, 5.41) is 3.58. The van der Waals surface area contributed by atoms with Crippen molar-refractivity contribution < 1.29 is 9.47 Å². The van der Waals surface area contributed by atoms with E-state index < -0.39 is 5.41 Å². The Balaban J connectivity index is 1.40. The van der Waals surface area contributed by atoms with Gasteiger partial charge in [0.05, 0.1) is 11.5 Å². The lowest BCUT2D eigenvalue weighted by molar-refractivity contribution is 0.397. The molecular weight excluding hydrogens is 480 g/mol. The Hall–Kier alpha value is -4.15. The number of ether oxygens (including phenoxy) is 2. The zero-order chi connectivity index (χ0) is 25.8. The van der Waals surface area contributed by atoms with Crippen LogP contribution in [0.1, 0.15) is 64.6 Å². The predicted octanol–water partition coefficient (Wildman–Crippen LogP) is 7.82. The number of dihydropyridines is 1. The second-order valence-electron chi connectivity index (χ2n) is 11.0. The Kier molecular flexibility index (Phi) is 5.24. The smallest absolute Gasteiger partial charge is 0.132 e. The molecule has 192 valence electrons. The average molecular weight is 511 g/mol. The van der Waals surface area contributed by atoms with Crippen molar-refractivity contribution in [2.24, 2.45) is 4.99 Å². The molecule has 4 aromatic carbocycles. The highest BCUT2D eigenvalue weighted by Crippen LogP contribution is 2.61. The fourth-order valence-electron chi connectivity index (χ4n) is 7.01. The Labute approximate surface area is 229 Å². The molecule has 0 saturated carbocycles. The lowest BCUT2D eigenvalue weighted by atomic mass is 9.62. The normalized spacial score (nSPS) is 21.6. The first-order chi connectivity index (χ1) is 19.3. The van der Waals surface area contributed by atoms with E-state index in [0.717, 1.165) is 64.8 Å². The second kappa shape index (κ2) is 8.96. The number of rotatable bonds is 2. The van der Waals surface area contributed by atoms with Crippen LogP contribution in [0.2, 0.25) is 0 Å². The number of hydrogen-bond acceptors (Lipinski definition) is 4. The van der Waals surface area contributed by atoms with Gasteiger partial charge in [-0.3, -0.25) is 4.99 Å². The van der Waals surface area contributed by atoms with E-state index >= 15 is 0 Å². The van der Waals surface area contributed by atoms with Gasteiger partial charge < -0.3 is 14.8 Å². The summed E-state index contributed by atoms with van der Waals surface area (Å²) >= 11 is 0. The Morgan fingerprint density at radius 1 is 0.718 bits per heavy atom. The van der Waals surface area contributed by atoms with E-state index in [9.17, 15) is 0 Å². The molecule has 4 aromatic rings. The molecule has 0 aromatic heterocycles. The highest BCUT2D eigenvalue weighted by atomic mass is 16.5. The predicted molar refractivity (Wildman–Crippen MR) is 155 cm³/mol. The lowest BCUT2D eigenvalue weighted by Crippen LogP contribution is -2.37. The summed E-state index contributed by atoms with van der Waals surface area (Å²) in [5.41, 5.74) is 6.56. The van der Waals surface area contributed by atoms with Crippen LogP contribution >= 0.6 is 0 Å². The van der Waals surface area contributed by atoms with E-state index in [1.165, 1.54) is 24.0 Å².